The van der Waals surface area contributed by atoms with Gasteiger partial charge in [0.15, 0.2) is 5.69 Å². The van der Waals surface area contributed by atoms with Gasteiger partial charge in [-0.25, -0.2) is 14.8 Å². The lowest BCUT2D eigenvalue weighted by Crippen LogP contribution is -2.08. The summed E-state index contributed by atoms with van der Waals surface area (Å²) in [6.07, 6.45) is 5.70. The van der Waals surface area contributed by atoms with Crippen molar-refractivity contribution in [1.82, 2.24) is 15.0 Å². The van der Waals surface area contributed by atoms with Crippen LogP contribution < -0.4 is 0 Å². The van der Waals surface area contributed by atoms with E-state index in [1.165, 1.54) is 17.3 Å². The largest absolute Gasteiger partial charge is 0.454 e. The summed E-state index contributed by atoms with van der Waals surface area (Å²) in [5.74, 6) is -0.476. The van der Waals surface area contributed by atoms with Crippen molar-refractivity contribution in [2.75, 3.05) is 0 Å². The summed E-state index contributed by atoms with van der Waals surface area (Å²) in [4.78, 5) is 25.0. The highest BCUT2D eigenvalue weighted by Gasteiger charge is 2.10. The van der Waals surface area contributed by atoms with Gasteiger partial charge in [0.2, 0.25) is 0 Å². The fourth-order valence-electron chi connectivity index (χ4n) is 1.28. The van der Waals surface area contributed by atoms with Crippen LogP contribution in [0.1, 0.15) is 33.0 Å². The summed E-state index contributed by atoms with van der Waals surface area (Å²) in [7, 11) is 0. The highest BCUT2D eigenvalue weighted by Crippen LogP contribution is 2.14. The molecule has 0 fully saturated rings. The van der Waals surface area contributed by atoms with Gasteiger partial charge >= 0.3 is 5.97 Å². The van der Waals surface area contributed by atoms with Crippen LogP contribution in [0.5, 0.6) is 0 Å². The average Bonchev–Trinajstić information content (AvgIpc) is 2.85. The van der Waals surface area contributed by atoms with Gasteiger partial charge in [-0.2, -0.15) is 0 Å². The summed E-state index contributed by atoms with van der Waals surface area (Å²) >= 11 is 1.55. The second-order valence-electron chi connectivity index (χ2n) is 3.69. The Morgan fingerprint density at radius 1 is 1.28 bits per heavy atom. The summed E-state index contributed by atoms with van der Waals surface area (Å²) < 4.78 is 5.12. The van der Waals surface area contributed by atoms with Crippen molar-refractivity contribution in [3.05, 3.63) is 39.9 Å². The molecule has 94 valence electrons. The molecule has 6 heteroatoms. The lowest BCUT2D eigenvalue weighted by Gasteiger charge is -2.01. The molecule has 0 aliphatic rings. The number of thiazole rings is 1. The molecule has 0 aliphatic heterocycles. The van der Waals surface area contributed by atoms with Crippen molar-refractivity contribution >= 4 is 17.3 Å². The number of aryl methyl sites for hydroxylation is 2. The molecular weight excluding hydrogens is 250 g/mol. The lowest BCUT2D eigenvalue weighted by molar-refractivity contribution is 0.0465. The number of esters is 1. The van der Waals surface area contributed by atoms with Gasteiger partial charge < -0.3 is 4.74 Å². The van der Waals surface area contributed by atoms with Crippen LogP contribution in [0, 0.1) is 6.92 Å². The Kier molecular flexibility index (Phi) is 3.99. The minimum absolute atomic E-state index is 0.180. The Hall–Kier alpha value is -1.82. The first-order valence-corrected chi connectivity index (χ1v) is 6.40. The number of hydrogen-bond donors (Lipinski definition) is 0. The van der Waals surface area contributed by atoms with Gasteiger partial charge in [-0.3, -0.25) is 4.98 Å². The number of carbonyl (C=O) groups is 1. The average molecular weight is 263 g/mol. The van der Waals surface area contributed by atoms with E-state index >= 15 is 0 Å². The first kappa shape index (κ1) is 12.6. The first-order chi connectivity index (χ1) is 8.69. The van der Waals surface area contributed by atoms with E-state index in [2.05, 4.69) is 21.9 Å². The fraction of sp³-hybridized carbons (Fsp3) is 0.333. The minimum Gasteiger partial charge on any atom is -0.454 e. The first-order valence-electron chi connectivity index (χ1n) is 5.58. The molecule has 0 unspecified atom stereocenters. The Balaban J connectivity index is 1.93. The van der Waals surface area contributed by atoms with Gasteiger partial charge in [-0.15, -0.1) is 11.3 Å². The SMILES string of the molecule is CCc1cnc(COC(=O)c2cnc(C)cn2)s1. The highest BCUT2D eigenvalue weighted by atomic mass is 32.1. The maximum atomic E-state index is 11.7. The number of carbonyl (C=O) groups excluding carboxylic acids is 1. The smallest absolute Gasteiger partial charge is 0.358 e. The third-order valence-corrected chi connectivity index (χ3v) is 3.38. The quantitative estimate of drug-likeness (QED) is 0.791. The maximum Gasteiger partial charge on any atom is 0.358 e. The monoisotopic (exact) mass is 263 g/mol. The van der Waals surface area contributed by atoms with E-state index < -0.39 is 5.97 Å². The zero-order valence-electron chi connectivity index (χ0n) is 10.2. The van der Waals surface area contributed by atoms with Crippen LogP contribution in [0.3, 0.4) is 0 Å². The van der Waals surface area contributed by atoms with E-state index in [1.54, 1.807) is 17.5 Å². The Bertz CT molecular complexity index is 537. The van der Waals surface area contributed by atoms with Gasteiger partial charge in [-0.05, 0) is 13.3 Å². The Morgan fingerprint density at radius 3 is 2.72 bits per heavy atom. The number of ether oxygens (including phenoxy) is 1. The minimum atomic E-state index is -0.476. The van der Waals surface area contributed by atoms with Gasteiger partial charge in [0, 0.05) is 17.3 Å². The second kappa shape index (κ2) is 5.68. The molecule has 0 spiro atoms. The van der Waals surface area contributed by atoms with Crippen LogP contribution in [0.25, 0.3) is 0 Å². The van der Waals surface area contributed by atoms with E-state index in [0.717, 1.165) is 17.1 Å². The van der Waals surface area contributed by atoms with Crippen molar-refractivity contribution in [2.24, 2.45) is 0 Å². The van der Waals surface area contributed by atoms with Gasteiger partial charge in [0.25, 0.3) is 0 Å². The zero-order chi connectivity index (χ0) is 13.0. The number of nitrogens with zero attached hydrogens (tertiary/aromatic N) is 3. The molecular formula is C12H13N3O2S. The molecule has 18 heavy (non-hydrogen) atoms. The lowest BCUT2D eigenvalue weighted by atomic mass is 10.4. The molecule has 0 saturated heterocycles. The molecule has 0 radical (unpaired) electrons. The zero-order valence-corrected chi connectivity index (χ0v) is 11.0. The van der Waals surface area contributed by atoms with E-state index in [9.17, 15) is 4.79 Å². The molecule has 2 aromatic rings. The van der Waals surface area contributed by atoms with Crippen LogP contribution in [-0.4, -0.2) is 20.9 Å². The summed E-state index contributed by atoms with van der Waals surface area (Å²) in [6, 6.07) is 0. The molecule has 0 aliphatic carbocycles. The summed E-state index contributed by atoms with van der Waals surface area (Å²) in [6.45, 7) is 4.05. The fourth-order valence-corrected chi connectivity index (χ4v) is 2.05. The van der Waals surface area contributed by atoms with Crippen molar-refractivity contribution in [3.8, 4) is 0 Å². The molecule has 0 atom stereocenters. The van der Waals surface area contributed by atoms with E-state index in [-0.39, 0.29) is 12.3 Å². The van der Waals surface area contributed by atoms with Gasteiger partial charge in [-0.1, -0.05) is 6.92 Å². The van der Waals surface area contributed by atoms with Crippen molar-refractivity contribution in [1.29, 1.82) is 0 Å². The molecule has 0 N–H and O–H groups in total. The predicted molar refractivity (Wildman–Crippen MR) is 67.4 cm³/mol. The van der Waals surface area contributed by atoms with Crippen molar-refractivity contribution < 1.29 is 9.53 Å². The number of hydrogen-bond acceptors (Lipinski definition) is 6. The van der Waals surface area contributed by atoms with Crippen molar-refractivity contribution in [3.63, 3.8) is 0 Å². The molecule has 0 aromatic carbocycles. The molecule has 0 bridgehead atoms. The molecule has 5 nitrogen and oxygen atoms in total. The molecule has 0 amide bonds. The van der Waals surface area contributed by atoms with Crippen LogP contribution in [0.15, 0.2) is 18.6 Å². The topological polar surface area (TPSA) is 65.0 Å². The summed E-state index contributed by atoms with van der Waals surface area (Å²) in [5.41, 5.74) is 0.979. The third kappa shape index (κ3) is 3.10. The van der Waals surface area contributed by atoms with Gasteiger partial charge in [0.05, 0.1) is 11.9 Å². The van der Waals surface area contributed by atoms with E-state index in [1.807, 2.05) is 6.92 Å². The standard InChI is InChI=1S/C12H13N3O2S/c1-3-9-5-15-11(18-9)7-17-12(16)10-6-13-8(2)4-14-10/h4-6H,3,7H2,1-2H3. The molecule has 0 saturated carbocycles. The summed E-state index contributed by atoms with van der Waals surface area (Å²) in [5, 5.41) is 0.792. The second-order valence-corrected chi connectivity index (χ2v) is 4.89. The normalized spacial score (nSPS) is 10.3. The van der Waals surface area contributed by atoms with Crippen LogP contribution in [0.2, 0.25) is 0 Å². The highest BCUT2D eigenvalue weighted by molar-refractivity contribution is 7.11. The third-order valence-electron chi connectivity index (χ3n) is 2.27. The Labute approximate surface area is 109 Å². The van der Waals surface area contributed by atoms with Gasteiger partial charge in [0.1, 0.15) is 11.6 Å². The van der Waals surface area contributed by atoms with E-state index in [4.69, 9.17) is 4.74 Å². The molecule has 2 heterocycles. The Morgan fingerprint density at radius 2 is 2.11 bits per heavy atom. The molecule has 2 aromatic heterocycles. The van der Waals surface area contributed by atoms with Crippen LogP contribution >= 0.6 is 11.3 Å². The maximum absolute atomic E-state index is 11.7. The number of aromatic nitrogens is 3. The number of rotatable bonds is 4. The van der Waals surface area contributed by atoms with Crippen LogP contribution in [0.4, 0.5) is 0 Å². The predicted octanol–water partition coefficient (Wildman–Crippen LogP) is 2.16. The van der Waals surface area contributed by atoms with E-state index in [0.29, 0.717) is 0 Å². The van der Waals surface area contributed by atoms with Crippen LogP contribution in [-0.2, 0) is 17.8 Å². The molecule has 2 rings (SSSR count). The van der Waals surface area contributed by atoms with Crippen molar-refractivity contribution in [2.45, 2.75) is 26.9 Å².